The Morgan fingerprint density at radius 2 is 1.86 bits per heavy atom. The van der Waals surface area contributed by atoms with Gasteiger partial charge in [-0.05, 0) is 37.0 Å². The number of methoxy groups -OCH3 is 1. The molecule has 0 radical (unpaired) electrons. The number of nitrogens with one attached hydrogen (secondary N) is 1. The second-order valence-electron chi connectivity index (χ2n) is 5.90. The first kappa shape index (κ1) is 16.2. The molecule has 0 bridgehead atoms. The molecule has 0 heterocycles. The Kier molecular flexibility index (Phi) is 6.87. The highest BCUT2D eigenvalue weighted by molar-refractivity contribution is 5.42. The van der Waals surface area contributed by atoms with Crippen LogP contribution in [0, 0.1) is 0 Å². The molecule has 0 amide bonds. The van der Waals surface area contributed by atoms with Gasteiger partial charge < -0.3 is 14.8 Å². The van der Waals surface area contributed by atoms with Crippen LogP contribution in [0.1, 0.15) is 57.4 Å². The van der Waals surface area contributed by atoms with Gasteiger partial charge in [0.05, 0.1) is 13.7 Å². The lowest BCUT2D eigenvalue weighted by Gasteiger charge is -2.17. The van der Waals surface area contributed by atoms with Crippen molar-refractivity contribution in [2.24, 2.45) is 0 Å². The van der Waals surface area contributed by atoms with Crippen molar-refractivity contribution >= 4 is 0 Å². The maximum absolute atomic E-state index is 5.70. The molecule has 1 aromatic rings. The van der Waals surface area contributed by atoms with Crippen LogP contribution in [0.5, 0.6) is 11.5 Å². The lowest BCUT2D eigenvalue weighted by Crippen LogP contribution is -2.27. The molecule has 0 unspecified atom stereocenters. The molecule has 2 rings (SSSR count). The predicted molar refractivity (Wildman–Crippen MR) is 87.1 cm³/mol. The van der Waals surface area contributed by atoms with Gasteiger partial charge in [-0.15, -0.1) is 0 Å². The maximum Gasteiger partial charge on any atom is 0.161 e. The van der Waals surface area contributed by atoms with Gasteiger partial charge in [0, 0.05) is 12.6 Å². The highest BCUT2D eigenvalue weighted by atomic mass is 16.5. The highest BCUT2D eigenvalue weighted by Crippen LogP contribution is 2.28. The average Bonchev–Trinajstić information content (AvgIpc) is 2.80. The topological polar surface area (TPSA) is 30.5 Å². The van der Waals surface area contributed by atoms with Crippen molar-refractivity contribution in [1.29, 1.82) is 0 Å². The molecule has 1 N–H and O–H groups in total. The first-order valence-corrected chi connectivity index (χ1v) is 8.36. The van der Waals surface area contributed by atoms with E-state index in [0.29, 0.717) is 6.04 Å². The molecule has 1 aliphatic rings. The van der Waals surface area contributed by atoms with Gasteiger partial charge >= 0.3 is 0 Å². The zero-order valence-corrected chi connectivity index (χ0v) is 13.5. The summed E-state index contributed by atoms with van der Waals surface area (Å²) in [5.74, 6) is 1.68. The molecule has 1 aromatic carbocycles. The van der Waals surface area contributed by atoms with Gasteiger partial charge in [-0.3, -0.25) is 0 Å². The molecule has 0 saturated heterocycles. The quantitative estimate of drug-likeness (QED) is 0.760. The third-order valence-electron chi connectivity index (χ3n) is 4.14. The molecular formula is C18H29NO2. The number of benzene rings is 1. The summed E-state index contributed by atoms with van der Waals surface area (Å²) < 4.78 is 11.1. The van der Waals surface area contributed by atoms with Crippen molar-refractivity contribution in [2.75, 3.05) is 13.7 Å². The number of hydrogen-bond donors (Lipinski definition) is 1. The number of hydrogen-bond acceptors (Lipinski definition) is 3. The van der Waals surface area contributed by atoms with E-state index in [-0.39, 0.29) is 0 Å². The zero-order chi connectivity index (χ0) is 14.9. The zero-order valence-electron chi connectivity index (χ0n) is 13.5. The summed E-state index contributed by atoms with van der Waals surface area (Å²) in [6.07, 6.45) is 9.16. The van der Waals surface area contributed by atoms with E-state index in [1.54, 1.807) is 7.11 Å². The molecule has 1 aliphatic carbocycles. The highest BCUT2D eigenvalue weighted by Gasteiger charge is 2.12. The third kappa shape index (κ3) is 5.24. The van der Waals surface area contributed by atoms with E-state index >= 15 is 0 Å². The van der Waals surface area contributed by atoms with Gasteiger partial charge in [0.1, 0.15) is 0 Å². The Balaban J connectivity index is 1.90. The summed E-state index contributed by atoms with van der Waals surface area (Å²) >= 11 is 0. The minimum Gasteiger partial charge on any atom is -0.493 e. The van der Waals surface area contributed by atoms with Gasteiger partial charge in [-0.1, -0.05) is 38.7 Å². The fourth-order valence-electron chi connectivity index (χ4n) is 2.90. The van der Waals surface area contributed by atoms with Crippen molar-refractivity contribution in [1.82, 2.24) is 5.32 Å². The van der Waals surface area contributed by atoms with E-state index in [4.69, 9.17) is 9.47 Å². The van der Waals surface area contributed by atoms with Crippen LogP contribution in [-0.4, -0.2) is 19.8 Å². The first-order chi connectivity index (χ1) is 10.3. The lowest BCUT2D eigenvalue weighted by molar-refractivity contribution is 0.294. The van der Waals surface area contributed by atoms with E-state index in [0.717, 1.165) is 31.1 Å². The van der Waals surface area contributed by atoms with Gasteiger partial charge in [0.15, 0.2) is 11.5 Å². The van der Waals surface area contributed by atoms with Crippen LogP contribution < -0.4 is 14.8 Å². The summed E-state index contributed by atoms with van der Waals surface area (Å²) in [4.78, 5) is 0. The average molecular weight is 291 g/mol. The summed E-state index contributed by atoms with van der Waals surface area (Å²) in [5.41, 5.74) is 1.26. The van der Waals surface area contributed by atoms with Crippen molar-refractivity contribution < 1.29 is 9.47 Å². The molecule has 1 saturated carbocycles. The summed E-state index contributed by atoms with van der Waals surface area (Å²) in [6.45, 7) is 3.75. The normalized spacial score (nSPS) is 16.5. The van der Waals surface area contributed by atoms with Crippen LogP contribution in [0.3, 0.4) is 0 Å². The van der Waals surface area contributed by atoms with E-state index in [2.05, 4.69) is 24.4 Å². The van der Waals surface area contributed by atoms with Crippen LogP contribution >= 0.6 is 0 Å². The largest absolute Gasteiger partial charge is 0.493 e. The molecule has 118 valence electrons. The Morgan fingerprint density at radius 1 is 1.10 bits per heavy atom. The first-order valence-electron chi connectivity index (χ1n) is 8.36. The monoisotopic (exact) mass is 291 g/mol. The molecule has 21 heavy (non-hydrogen) atoms. The van der Waals surface area contributed by atoms with E-state index < -0.39 is 0 Å². The maximum atomic E-state index is 5.70. The molecule has 3 nitrogen and oxygen atoms in total. The lowest BCUT2D eigenvalue weighted by atomic mass is 10.1. The minimum atomic E-state index is 0.675. The van der Waals surface area contributed by atoms with E-state index in [1.807, 2.05) is 6.07 Å². The molecule has 1 fully saturated rings. The molecular weight excluding hydrogens is 262 g/mol. The van der Waals surface area contributed by atoms with Crippen LogP contribution in [-0.2, 0) is 6.54 Å². The predicted octanol–water partition coefficient (Wildman–Crippen LogP) is 4.30. The van der Waals surface area contributed by atoms with E-state index in [9.17, 15) is 0 Å². The molecule has 3 heteroatoms. The summed E-state index contributed by atoms with van der Waals surface area (Å²) in [5, 5.41) is 3.70. The van der Waals surface area contributed by atoms with Gasteiger partial charge in [0.25, 0.3) is 0 Å². The van der Waals surface area contributed by atoms with Crippen molar-refractivity contribution in [3.8, 4) is 11.5 Å². The second kappa shape index (κ2) is 8.93. The van der Waals surface area contributed by atoms with Gasteiger partial charge in [-0.2, -0.15) is 0 Å². The van der Waals surface area contributed by atoms with E-state index in [1.165, 1.54) is 44.1 Å². The summed E-state index contributed by atoms with van der Waals surface area (Å²) in [7, 11) is 1.71. The fourth-order valence-corrected chi connectivity index (χ4v) is 2.90. The second-order valence-corrected chi connectivity index (χ2v) is 5.90. The van der Waals surface area contributed by atoms with Crippen LogP contribution in [0.4, 0.5) is 0 Å². The Labute approximate surface area is 129 Å². The molecule has 0 aromatic heterocycles. The molecule has 0 atom stereocenters. The minimum absolute atomic E-state index is 0.675. The van der Waals surface area contributed by atoms with Crippen LogP contribution in [0.15, 0.2) is 18.2 Å². The van der Waals surface area contributed by atoms with Crippen LogP contribution in [0.25, 0.3) is 0 Å². The van der Waals surface area contributed by atoms with Crippen molar-refractivity contribution in [3.05, 3.63) is 23.8 Å². The fraction of sp³-hybridized carbons (Fsp3) is 0.667. The molecule has 0 aliphatic heterocycles. The Morgan fingerprint density at radius 3 is 2.52 bits per heavy atom. The summed E-state index contributed by atoms with van der Waals surface area (Å²) in [6, 6.07) is 6.93. The van der Waals surface area contributed by atoms with Gasteiger partial charge in [-0.25, -0.2) is 0 Å². The van der Waals surface area contributed by atoms with Crippen molar-refractivity contribution in [3.63, 3.8) is 0 Å². The van der Waals surface area contributed by atoms with Gasteiger partial charge in [0.2, 0.25) is 0 Å². The third-order valence-corrected chi connectivity index (χ3v) is 4.14. The standard InChI is InChI=1S/C18H29NO2/c1-3-12-21-17-11-10-15(13-18(17)20-2)14-19-16-8-6-4-5-7-9-16/h10-11,13,16,19H,3-9,12,14H2,1-2H3. The SMILES string of the molecule is CCCOc1ccc(CNC2CCCCCC2)cc1OC. The van der Waals surface area contributed by atoms with Crippen LogP contribution in [0.2, 0.25) is 0 Å². The van der Waals surface area contributed by atoms with Crippen molar-refractivity contribution in [2.45, 2.75) is 64.5 Å². The molecule has 0 spiro atoms. The Hall–Kier alpha value is -1.22. The number of ether oxygens (including phenoxy) is 2. The Bertz CT molecular complexity index is 412. The number of rotatable bonds is 7. The smallest absolute Gasteiger partial charge is 0.161 e.